The van der Waals surface area contributed by atoms with E-state index < -0.39 is 0 Å². The van der Waals surface area contributed by atoms with Crippen molar-refractivity contribution in [3.05, 3.63) is 0 Å². The van der Waals surface area contributed by atoms with E-state index in [0.29, 0.717) is 6.04 Å². The third kappa shape index (κ3) is 3.14. The van der Waals surface area contributed by atoms with Gasteiger partial charge in [0.1, 0.15) is 0 Å². The van der Waals surface area contributed by atoms with Crippen molar-refractivity contribution < 1.29 is 0 Å². The summed E-state index contributed by atoms with van der Waals surface area (Å²) in [5.41, 5.74) is 6.08. The van der Waals surface area contributed by atoms with E-state index in [-0.39, 0.29) is 0 Å². The molecular formula is C13H26N2S. The summed E-state index contributed by atoms with van der Waals surface area (Å²) < 4.78 is 0. The first-order chi connectivity index (χ1) is 7.81. The minimum atomic E-state index is 0.491. The molecule has 0 spiro atoms. The molecule has 2 saturated heterocycles. The van der Waals surface area contributed by atoms with Crippen LogP contribution in [0.1, 0.15) is 44.9 Å². The Bertz CT molecular complexity index is 196. The standard InChI is InChI=1S/C13H26N2S/c1-16-8-4-2-3-7-15-12-5-6-13(15)10-11(14)9-12/h11-13H,2-10,14H2,1H3. The van der Waals surface area contributed by atoms with Gasteiger partial charge >= 0.3 is 0 Å². The lowest BCUT2D eigenvalue weighted by Gasteiger charge is -2.37. The third-order valence-corrected chi connectivity index (χ3v) is 4.88. The summed E-state index contributed by atoms with van der Waals surface area (Å²) in [5.74, 6) is 1.33. The molecule has 0 aromatic rings. The van der Waals surface area contributed by atoms with Gasteiger partial charge < -0.3 is 5.73 Å². The predicted octanol–water partition coefficient (Wildman–Crippen LogP) is 2.47. The first kappa shape index (κ1) is 12.7. The van der Waals surface area contributed by atoms with Crippen LogP contribution in [0, 0.1) is 0 Å². The number of nitrogens with zero attached hydrogens (tertiary/aromatic N) is 1. The first-order valence-corrected chi connectivity index (χ1v) is 8.21. The molecule has 0 radical (unpaired) electrons. The van der Waals surface area contributed by atoms with Crippen LogP contribution >= 0.6 is 11.8 Å². The Balaban J connectivity index is 1.66. The van der Waals surface area contributed by atoms with Crippen LogP contribution < -0.4 is 5.73 Å². The molecule has 2 aliphatic heterocycles. The molecule has 2 aliphatic rings. The number of nitrogens with two attached hydrogens (primary N) is 1. The van der Waals surface area contributed by atoms with E-state index in [9.17, 15) is 0 Å². The molecular weight excluding hydrogens is 216 g/mol. The van der Waals surface area contributed by atoms with Crippen molar-refractivity contribution in [2.45, 2.75) is 63.1 Å². The number of fused-ring (bicyclic) bond motifs is 2. The Labute approximate surface area is 104 Å². The molecule has 94 valence electrons. The van der Waals surface area contributed by atoms with E-state index in [1.54, 1.807) is 0 Å². The molecule has 2 atom stereocenters. The maximum Gasteiger partial charge on any atom is 0.0113 e. The van der Waals surface area contributed by atoms with Gasteiger partial charge in [-0.2, -0.15) is 11.8 Å². The number of rotatable bonds is 6. The van der Waals surface area contributed by atoms with Crippen molar-refractivity contribution in [2.24, 2.45) is 5.73 Å². The molecule has 0 amide bonds. The van der Waals surface area contributed by atoms with Crippen LogP contribution in [0.3, 0.4) is 0 Å². The summed E-state index contributed by atoms with van der Waals surface area (Å²) in [5, 5.41) is 0. The van der Waals surface area contributed by atoms with Gasteiger partial charge in [-0.3, -0.25) is 4.90 Å². The predicted molar refractivity (Wildman–Crippen MR) is 73.0 cm³/mol. The van der Waals surface area contributed by atoms with E-state index in [4.69, 9.17) is 5.73 Å². The Morgan fingerprint density at radius 3 is 2.44 bits per heavy atom. The lowest BCUT2D eigenvalue weighted by atomic mass is 9.98. The lowest BCUT2D eigenvalue weighted by molar-refractivity contribution is 0.125. The molecule has 16 heavy (non-hydrogen) atoms. The van der Waals surface area contributed by atoms with Gasteiger partial charge in [0.25, 0.3) is 0 Å². The molecule has 2 fully saturated rings. The van der Waals surface area contributed by atoms with Crippen molar-refractivity contribution >= 4 is 11.8 Å². The molecule has 0 aromatic heterocycles. The van der Waals surface area contributed by atoms with Gasteiger partial charge in [-0.25, -0.2) is 0 Å². The zero-order valence-electron chi connectivity index (χ0n) is 10.5. The first-order valence-electron chi connectivity index (χ1n) is 6.81. The smallest absolute Gasteiger partial charge is 0.0113 e. The van der Waals surface area contributed by atoms with Gasteiger partial charge in [0, 0.05) is 18.1 Å². The Hall–Kier alpha value is 0.270. The van der Waals surface area contributed by atoms with Crippen molar-refractivity contribution in [3.63, 3.8) is 0 Å². The van der Waals surface area contributed by atoms with Crippen LogP contribution in [0.2, 0.25) is 0 Å². The number of hydrogen-bond donors (Lipinski definition) is 1. The fraction of sp³-hybridized carbons (Fsp3) is 1.00. The van der Waals surface area contributed by atoms with E-state index >= 15 is 0 Å². The Morgan fingerprint density at radius 1 is 1.12 bits per heavy atom. The van der Waals surface area contributed by atoms with Gasteiger partial charge in [0.05, 0.1) is 0 Å². The van der Waals surface area contributed by atoms with Gasteiger partial charge in [0.2, 0.25) is 0 Å². The second kappa shape index (κ2) is 6.27. The number of thioether (sulfide) groups is 1. The fourth-order valence-corrected chi connectivity index (χ4v) is 3.89. The van der Waals surface area contributed by atoms with Crippen molar-refractivity contribution in [2.75, 3.05) is 18.6 Å². The fourth-order valence-electron chi connectivity index (χ4n) is 3.40. The van der Waals surface area contributed by atoms with Crippen molar-refractivity contribution in [1.82, 2.24) is 4.90 Å². The molecule has 2 nitrogen and oxygen atoms in total. The molecule has 0 aliphatic carbocycles. The highest BCUT2D eigenvalue weighted by Gasteiger charge is 2.38. The van der Waals surface area contributed by atoms with Gasteiger partial charge in [0.15, 0.2) is 0 Å². The summed E-state index contributed by atoms with van der Waals surface area (Å²) in [6.07, 6.45) is 11.7. The quantitative estimate of drug-likeness (QED) is 0.726. The summed E-state index contributed by atoms with van der Waals surface area (Å²) in [6, 6.07) is 2.15. The highest BCUT2D eigenvalue weighted by atomic mass is 32.2. The maximum atomic E-state index is 6.08. The van der Waals surface area contributed by atoms with Gasteiger partial charge in [-0.1, -0.05) is 6.42 Å². The topological polar surface area (TPSA) is 29.3 Å². The average molecular weight is 242 g/mol. The monoisotopic (exact) mass is 242 g/mol. The summed E-state index contributed by atoms with van der Waals surface area (Å²) in [6.45, 7) is 1.33. The Morgan fingerprint density at radius 2 is 1.81 bits per heavy atom. The third-order valence-electron chi connectivity index (χ3n) is 4.19. The largest absolute Gasteiger partial charge is 0.328 e. The summed E-state index contributed by atoms with van der Waals surface area (Å²) >= 11 is 1.97. The van der Waals surface area contributed by atoms with Crippen LogP contribution in [0.25, 0.3) is 0 Å². The minimum absolute atomic E-state index is 0.491. The molecule has 0 saturated carbocycles. The molecule has 2 unspecified atom stereocenters. The maximum absolute atomic E-state index is 6.08. The van der Waals surface area contributed by atoms with Crippen LogP contribution in [-0.4, -0.2) is 41.6 Å². The minimum Gasteiger partial charge on any atom is -0.328 e. The van der Waals surface area contributed by atoms with Gasteiger partial charge in [-0.05, 0) is 57.1 Å². The number of unbranched alkanes of at least 4 members (excludes halogenated alkanes) is 2. The zero-order valence-corrected chi connectivity index (χ0v) is 11.3. The Kier molecular flexibility index (Phi) is 4.98. The highest BCUT2D eigenvalue weighted by molar-refractivity contribution is 7.98. The molecule has 3 heteroatoms. The molecule has 2 rings (SSSR count). The molecule has 2 N–H and O–H groups in total. The summed E-state index contributed by atoms with van der Waals surface area (Å²) in [7, 11) is 0. The van der Waals surface area contributed by atoms with Crippen LogP contribution in [0.5, 0.6) is 0 Å². The van der Waals surface area contributed by atoms with Gasteiger partial charge in [-0.15, -0.1) is 0 Å². The van der Waals surface area contributed by atoms with Crippen molar-refractivity contribution in [3.8, 4) is 0 Å². The molecule has 2 heterocycles. The second-order valence-corrected chi connectivity index (χ2v) is 6.39. The highest BCUT2D eigenvalue weighted by Crippen LogP contribution is 2.35. The zero-order chi connectivity index (χ0) is 11.4. The van der Waals surface area contributed by atoms with E-state index in [2.05, 4.69) is 11.2 Å². The number of hydrogen-bond acceptors (Lipinski definition) is 3. The lowest BCUT2D eigenvalue weighted by Crippen LogP contribution is -2.47. The summed E-state index contributed by atoms with van der Waals surface area (Å²) in [4.78, 5) is 2.77. The normalized spacial score (nSPS) is 34.5. The van der Waals surface area contributed by atoms with E-state index in [1.807, 2.05) is 11.8 Å². The number of piperidine rings is 1. The second-order valence-electron chi connectivity index (χ2n) is 5.41. The molecule has 0 aromatic carbocycles. The molecule has 2 bridgehead atoms. The van der Waals surface area contributed by atoms with E-state index in [1.165, 1.54) is 57.2 Å². The van der Waals surface area contributed by atoms with Crippen LogP contribution in [-0.2, 0) is 0 Å². The van der Waals surface area contributed by atoms with Crippen molar-refractivity contribution in [1.29, 1.82) is 0 Å². The average Bonchev–Trinajstić information content (AvgIpc) is 2.51. The van der Waals surface area contributed by atoms with E-state index in [0.717, 1.165) is 12.1 Å². The SMILES string of the molecule is CSCCCCCN1C2CCC1CC(N)C2. The van der Waals surface area contributed by atoms with Crippen LogP contribution in [0.15, 0.2) is 0 Å². The van der Waals surface area contributed by atoms with Crippen LogP contribution in [0.4, 0.5) is 0 Å².